The number of nitrogens with zero attached hydrogens (tertiary/aromatic N) is 1. The minimum Gasteiger partial charge on any atom is -0.756 e. The number of hydrogen-bond donors (Lipinski definition) is 0. The highest BCUT2D eigenvalue weighted by atomic mass is 31.2. The number of likely N-dealkylation sites (N-methyl/N-ethyl adjacent to an activating group) is 1. The third kappa shape index (κ3) is 85.2. The number of quaternary nitrogens is 1. The average molecular weight is 1430 g/mol. The molecule has 0 aromatic heterocycles. The Morgan fingerprint density at radius 3 is 0.800 bits per heavy atom. The fourth-order valence-electron chi connectivity index (χ4n) is 13.8. The number of rotatable bonds is 85. The van der Waals surface area contributed by atoms with Crippen LogP contribution in [0.4, 0.5) is 0 Å². The largest absolute Gasteiger partial charge is 0.756 e. The zero-order valence-corrected chi connectivity index (χ0v) is 68.8. The van der Waals surface area contributed by atoms with E-state index >= 15 is 0 Å². The first-order chi connectivity index (χ1) is 49.0. The monoisotopic (exact) mass is 1430 g/mol. The van der Waals surface area contributed by atoms with E-state index in [1.807, 2.05) is 21.1 Å². The molecular weight excluding hydrogens is 1250 g/mol. The van der Waals surface area contributed by atoms with Gasteiger partial charge in [0.2, 0.25) is 0 Å². The molecule has 0 radical (unpaired) electrons. The fourth-order valence-corrected chi connectivity index (χ4v) is 14.5. The van der Waals surface area contributed by atoms with Crippen molar-refractivity contribution >= 4 is 19.8 Å². The Morgan fingerprint density at radius 1 is 0.310 bits per heavy atom. The molecule has 0 aromatic carbocycles. The Kier molecular flexibility index (Phi) is 79.9. The molecule has 0 aliphatic heterocycles. The fraction of sp³-hybridized carbons (Fsp3) is 0.911. The summed E-state index contributed by atoms with van der Waals surface area (Å²) in [4.78, 5) is 38.3. The minimum atomic E-state index is -4.64. The van der Waals surface area contributed by atoms with Gasteiger partial charge in [0.15, 0.2) is 6.10 Å². The second-order valence-electron chi connectivity index (χ2n) is 32.0. The van der Waals surface area contributed by atoms with Gasteiger partial charge in [-0.05, 0) is 70.6 Å². The molecule has 0 N–H and O–H groups in total. The van der Waals surface area contributed by atoms with Gasteiger partial charge in [-0.15, -0.1) is 0 Å². The molecule has 100 heavy (non-hydrogen) atoms. The van der Waals surface area contributed by atoms with Crippen LogP contribution in [-0.2, 0) is 32.7 Å². The van der Waals surface area contributed by atoms with Crippen LogP contribution in [0.15, 0.2) is 36.5 Å². The maximum Gasteiger partial charge on any atom is 0.306 e. The van der Waals surface area contributed by atoms with Crippen molar-refractivity contribution in [2.24, 2.45) is 0 Å². The molecule has 0 aromatic rings. The highest BCUT2D eigenvalue weighted by Gasteiger charge is 2.22. The second kappa shape index (κ2) is 81.3. The first-order valence-corrected chi connectivity index (χ1v) is 46.2. The molecule has 2 unspecified atom stereocenters. The summed E-state index contributed by atoms with van der Waals surface area (Å²) in [6.45, 7) is 4.32. The predicted molar refractivity (Wildman–Crippen MR) is 434 cm³/mol. The third-order valence-corrected chi connectivity index (χ3v) is 21.6. The van der Waals surface area contributed by atoms with Crippen molar-refractivity contribution in [1.82, 2.24) is 0 Å². The van der Waals surface area contributed by atoms with Gasteiger partial charge in [0.1, 0.15) is 19.8 Å². The molecule has 0 fully saturated rings. The zero-order chi connectivity index (χ0) is 72.5. The maximum absolute atomic E-state index is 12.9. The zero-order valence-electron chi connectivity index (χ0n) is 67.9. The van der Waals surface area contributed by atoms with Crippen LogP contribution in [0.25, 0.3) is 0 Å². The lowest BCUT2D eigenvalue weighted by molar-refractivity contribution is -0.870. The predicted octanol–water partition coefficient (Wildman–Crippen LogP) is 29.4. The van der Waals surface area contributed by atoms with Crippen molar-refractivity contribution < 1.29 is 42.1 Å². The molecule has 592 valence electrons. The van der Waals surface area contributed by atoms with Crippen LogP contribution in [0.5, 0.6) is 0 Å². The first kappa shape index (κ1) is 98.2. The van der Waals surface area contributed by atoms with Crippen molar-refractivity contribution in [2.75, 3.05) is 47.5 Å². The van der Waals surface area contributed by atoms with Crippen LogP contribution in [0.3, 0.4) is 0 Å². The standard InChI is InChI=1S/C90H174NO8P/c1-6-8-10-12-14-16-18-20-22-24-26-28-30-32-34-36-38-40-42-43-44-45-46-47-49-50-52-54-56-58-60-62-64-66-68-70-72-74-76-78-80-82-89(92)96-86-88(87-98-100(94,95)97-85-84-91(3,4)5)99-90(93)83-81-79-77-75-73-71-69-67-65-63-61-59-57-55-53-51-48-41-39-37-35-33-31-29-27-25-23-21-19-17-15-13-11-9-7-2/h19,21,24-27,88H,6-18,20,22-23,28-87H2,1-5H3/b21-19-,26-24-,27-25-. The van der Waals surface area contributed by atoms with Gasteiger partial charge in [-0.1, -0.05) is 429 Å². The topological polar surface area (TPSA) is 111 Å². The Hall–Kier alpha value is -1.77. The molecule has 0 bridgehead atoms. The summed E-state index contributed by atoms with van der Waals surface area (Å²) in [5.74, 6) is -0.803. The van der Waals surface area contributed by atoms with Crippen molar-refractivity contribution in [2.45, 2.75) is 482 Å². The quantitative estimate of drug-likeness (QED) is 0.0195. The Bertz CT molecular complexity index is 1780. The van der Waals surface area contributed by atoms with Crippen LogP contribution < -0.4 is 4.89 Å². The van der Waals surface area contributed by atoms with Gasteiger partial charge in [0.25, 0.3) is 7.82 Å². The van der Waals surface area contributed by atoms with Crippen molar-refractivity contribution in [3.63, 3.8) is 0 Å². The van der Waals surface area contributed by atoms with E-state index in [4.69, 9.17) is 18.5 Å². The minimum absolute atomic E-state index is 0.0267. The van der Waals surface area contributed by atoms with E-state index < -0.39 is 26.5 Å². The van der Waals surface area contributed by atoms with E-state index in [0.717, 1.165) is 38.5 Å². The molecule has 0 saturated carbocycles. The van der Waals surface area contributed by atoms with Crippen LogP contribution in [-0.4, -0.2) is 70.0 Å². The van der Waals surface area contributed by atoms with E-state index in [-0.39, 0.29) is 32.0 Å². The summed E-state index contributed by atoms with van der Waals surface area (Å²) in [6.07, 6.45) is 108. The highest BCUT2D eigenvalue weighted by Crippen LogP contribution is 2.38. The second-order valence-corrected chi connectivity index (χ2v) is 33.4. The van der Waals surface area contributed by atoms with E-state index in [1.54, 1.807) is 0 Å². The summed E-state index contributed by atoms with van der Waals surface area (Å²) in [7, 11) is 1.20. The molecule has 0 heterocycles. The summed E-state index contributed by atoms with van der Waals surface area (Å²) < 4.78 is 34.5. The molecule has 9 nitrogen and oxygen atoms in total. The van der Waals surface area contributed by atoms with Gasteiger partial charge in [-0.2, -0.15) is 0 Å². The molecule has 0 rings (SSSR count). The van der Waals surface area contributed by atoms with Gasteiger partial charge in [0.05, 0.1) is 27.7 Å². The Morgan fingerprint density at radius 2 is 0.540 bits per heavy atom. The first-order valence-electron chi connectivity index (χ1n) is 44.7. The smallest absolute Gasteiger partial charge is 0.306 e. The SMILES string of the molecule is CCCCCCC/C=C\C/C=C\CCCCCCCCCCCCCCCCCCCCCCCCCC(=O)OC(COC(=O)CCCCCCCCCCCCCCCCCCCCCCCCCCCCCCC/C=C\CCCCCCCCCC)COP(=O)([O-])OCC[N+](C)(C)C. The van der Waals surface area contributed by atoms with Gasteiger partial charge in [0, 0.05) is 12.8 Å². The van der Waals surface area contributed by atoms with Crippen molar-refractivity contribution in [1.29, 1.82) is 0 Å². The highest BCUT2D eigenvalue weighted by molar-refractivity contribution is 7.45. The Labute approximate surface area is 624 Å². The number of unbranched alkanes of at least 4 members (excludes halogenated alkanes) is 65. The summed E-state index contributed by atoms with van der Waals surface area (Å²) in [6, 6.07) is 0. The number of allylic oxidation sites excluding steroid dienone is 6. The lowest BCUT2D eigenvalue weighted by Crippen LogP contribution is -2.37. The van der Waals surface area contributed by atoms with E-state index in [2.05, 4.69) is 50.3 Å². The van der Waals surface area contributed by atoms with Crippen LogP contribution in [0, 0.1) is 0 Å². The van der Waals surface area contributed by atoms with Gasteiger partial charge in [-0.25, -0.2) is 0 Å². The van der Waals surface area contributed by atoms with Gasteiger partial charge < -0.3 is 27.9 Å². The van der Waals surface area contributed by atoms with E-state index in [1.165, 1.54) is 405 Å². The van der Waals surface area contributed by atoms with Crippen molar-refractivity contribution in [3.05, 3.63) is 36.5 Å². The number of hydrogen-bond acceptors (Lipinski definition) is 8. The summed E-state index contributed by atoms with van der Waals surface area (Å²) in [5.41, 5.74) is 0. The molecule has 10 heteroatoms. The molecule has 0 aliphatic rings. The Balaban J connectivity index is 3.83. The lowest BCUT2D eigenvalue weighted by atomic mass is 10.0. The number of phosphoric ester groups is 1. The molecular formula is C90H174NO8P. The lowest BCUT2D eigenvalue weighted by Gasteiger charge is -2.28. The summed E-state index contributed by atoms with van der Waals surface area (Å²) in [5, 5.41) is 0. The van der Waals surface area contributed by atoms with Crippen molar-refractivity contribution in [3.8, 4) is 0 Å². The normalized spacial score (nSPS) is 13.1. The van der Waals surface area contributed by atoms with Crippen LogP contribution >= 0.6 is 7.82 Å². The molecule has 2 atom stereocenters. The molecule has 0 saturated heterocycles. The van der Waals surface area contributed by atoms with Crippen LogP contribution in [0.1, 0.15) is 476 Å². The molecule has 0 spiro atoms. The number of phosphoric acid groups is 1. The molecule has 0 aliphatic carbocycles. The van der Waals surface area contributed by atoms with Crippen LogP contribution in [0.2, 0.25) is 0 Å². The third-order valence-electron chi connectivity index (χ3n) is 20.6. The number of ether oxygens (including phenoxy) is 2. The number of carbonyl (C=O) groups excluding carboxylic acids is 2. The maximum atomic E-state index is 12.9. The summed E-state index contributed by atoms with van der Waals surface area (Å²) >= 11 is 0. The number of esters is 2. The van der Waals surface area contributed by atoms with Gasteiger partial charge in [-0.3, -0.25) is 14.2 Å². The molecule has 0 amide bonds. The number of carbonyl (C=O) groups is 2. The van der Waals surface area contributed by atoms with E-state index in [0.29, 0.717) is 17.4 Å². The van der Waals surface area contributed by atoms with Gasteiger partial charge >= 0.3 is 11.9 Å². The van der Waals surface area contributed by atoms with E-state index in [9.17, 15) is 19.0 Å². The average Bonchev–Trinajstić information content (AvgIpc) is 1.65.